The van der Waals surface area contributed by atoms with Gasteiger partial charge in [-0.15, -0.1) is 12.3 Å². The monoisotopic (exact) mass is 716 g/mol. The summed E-state index contributed by atoms with van der Waals surface area (Å²) in [4.78, 5) is 41.0. The minimum Gasteiger partial charge on any atom is -0.492 e. The molecular weight excluding hydrogens is 676 g/mol. The van der Waals surface area contributed by atoms with Crippen LogP contribution in [0.1, 0.15) is 40.2 Å². The summed E-state index contributed by atoms with van der Waals surface area (Å²) >= 11 is 0. The smallest absolute Gasteiger partial charge is 0.275 e. The summed E-state index contributed by atoms with van der Waals surface area (Å²) in [6.45, 7) is 2.55. The molecule has 0 radical (unpaired) electrons. The number of aromatic nitrogens is 3. The van der Waals surface area contributed by atoms with E-state index < -0.39 is 11.8 Å². The van der Waals surface area contributed by atoms with Crippen molar-refractivity contribution >= 4 is 45.3 Å². The van der Waals surface area contributed by atoms with Crippen LogP contribution in [0.4, 0.5) is 11.6 Å². The summed E-state index contributed by atoms with van der Waals surface area (Å²) in [5, 5.41) is 18.7. The number of para-hydroxylation sites is 2. The third-order valence-corrected chi connectivity index (χ3v) is 8.16. The van der Waals surface area contributed by atoms with Crippen LogP contribution in [0.25, 0.3) is 21.8 Å². The first kappa shape index (κ1) is 36.6. The average molecular weight is 717 g/mol. The molecule has 0 saturated heterocycles. The topological polar surface area (TPSA) is 213 Å². The van der Waals surface area contributed by atoms with E-state index in [1.54, 1.807) is 12.1 Å². The van der Waals surface area contributed by atoms with E-state index in [-0.39, 0.29) is 54.3 Å². The number of carbonyl (C=O) groups is 2. The number of hydrogen-bond acceptors (Lipinski definition) is 13. The fourth-order valence-electron chi connectivity index (χ4n) is 5.50. The van der Waals surface area contributed by atoms with Gasteiger partial charge in [0.25, 0.3) is 11.8 Å². The van der Waals surface area contributed by atoms with Gasteiger partial charge in [0.1, 0.15) is 60.1 Å². The number of carbonyl (C=O) groups excluding carboxylic acids is 2. The average Bonchev–Trinajstić information content (AvgIpc) is 3.96. The summed E-state index contributed by atoms with van der Waals surface area (Å²) in [6, 6.07) is 20.9. The Kier molecular flexibility index (Phi) is 12.0. The maximum Gasteiger partial charge on any atom is 0.275 e. The third-order valence-electron chi connectivity index (χ3n) is 8.16. The lowest BCUT2D eigenvalue weighted by Gasteiger charge is -2.14. The first-order valence-electron chi connectivity index (χ1n) is 17.2. The Morgan fingerprint density at radius 2 is 1.25 bits per heavy atom. The highest BCUT2D eigenvalue weighted by atomic mass is 16.5. The summed E-state index contributed by atoms with van der Waals surface area (Å²) < 4.78 is 17.7. The quantitative estimate of drug-likeness (QED) is 0.0601. The molecule has 15 heteroatoms. The molecule has 3 aromatic heterocycles. The van der Waals surface area contributed by atoms with Crippen LogP contribution in [0.2, 0.25) is 0 Å². The normalized spacial score (nSPS) is 12.6. The van der Waals surface area contributed by atoms with E-state index in [0.29, 0.717) is 55.1 Å². The molecule has 0 atom stereocenters. The number of anilines is 2. The van der Waals surface area contributed by atoms with Crippen LogP contribution < -0.4 is 41.6 Å². The fraction of sp³-hybridized carbons (Fsp3) is 0.289. The van der Waals surface area contributed by atoms with Gasteiger partial charge in [-0.3, -0.25) is 9.59 Å². The van der Waals surface area contributed by atoms with Gasteiger partial charge in [-0.05, 0) is 30.8 Å². The lowest BCUT2D eigenvalue weighted by atomic mass is 10.0. The molecule has 0 saturated carbocycles. The van der Waals surface area contributed by atoms with E-state index in [9.17, 15) is 9.59 Å². The molecule has 53 heavy (non-hydrogen) atoms. The molecule has 15 nitrogen and oxygen atoms in total. The highest BCUT2D eigenvalue weighted by Gasteiger charge is 2.38. The lowest BCUT2D eigenvalue weighted by Crippen LogP contribution is -2.26. The molecule has 4 heterocycles. The predicted octanol–water partition coefficient (Wildman–Crippen LogP) is 4.29. The number of terminal acetylenes is 1. The van der Waals surface area contributed by atoms with Gasteiger partial charge in [0.15, 0.2) is 5.66 Å². The van der Waals surface area contributed by atoms with Crippen molar-refractivity contribution in [3.05, 3.63) is 84.2 Å². The van der Waals surface area contributed by atoms with Crippen LogP contribution in [0.5, 0.6) is 17.2 Å². The van der Waals surface area contributed by atoms with Crippen LogP contribution in [-0.4, -0.2) is 78.4 Å². The molecule has 6 rings (SSSR count). The lowest BCUT2D eigenvalue weighted by molar-refractivity contribution is 0.101. The van der Waals surface area contributed by atoms with Gasteiger partial charge in [0, 0.05) is 73.9 Å². The molecule has 272 valence electrons. The zero-order valence-electron chi connectivity index (χ0n) is 29.0. The number of fused-ring (bicyclic) bond motifs is 2. The molecule has 0 unspecified atom stereocenters. The Morgan fingerprint density at radius 3 is 1.75 bits per heavy atom. The molecule has 0 aliphatic carbocycles. The summed E-state index contributed by atoms with van der Waals surface area (Å²) in [6.07, 6.45) is 7.45. The van der Waals surface area contributed by atoms with E-state index in [1.165, 1.54) is 12.1 Å². The first-order chi connectivity index (χ1) is 25.9. The van der Waals surface area contributed by atoms with Crippen molar-refractivity contribution in [1.29, 1.82) is 0 Å². The minimum atomic E-state index is -0.620. The number of ether oxygens (including phenoxy) is 3. The number of pyridine rings is 3. The van der Waals surface area contributed by atoms with Crippen molar-refractivity contribution in [3.8, 4) is 29.6 Å². The molecular formula is C38H40N10O5. The Balaban J connectivity index is 1.21. The van der Waals surface area contributed by atoms with Gasteiger partial charge in [0.2, 0.25) is 0 Å². The van der Waals surface area contributed by atoms with E-state index in [4.69, 9.17) is 32.1 Å². The Labute approximate surface area is 305 Å². The second-order valence-electron chi connectivity index (χ2n) is 12.0. The van der Waals surface area contributed by atoms with E-state index in [1.807, 2.05) is 48.5 Å². The van der Waals surface area contributed by atoms with Crippen LogP contribution in [0.15, 0.2) is 83.0 Å². The maximum atomic E-state index is 13.7. The number of rotatable bonds is 19. The summed E-state index contributed by atoms with van der Waals surface area (Å²) in [5.74, 6) is 3.12. The molecule has 7 N–H and O–H groups in total. The van der Waals surface area contributed by atoms with Gasteiger partial charge in [0.05, 0.1) is 11.0 Å². The van der Waals surface area contributed by atoms with Gasteiger partial charge in [-0.1, -0.05) is 24.3 Å². The standard InChI is InChI=1S/C38H40N10O5/c1-2-3-12-38(47-48-38)13-16-41-17-20-51-25-21-30(36(49)45-34-23-32(52-18-14-39)26-8-4-6-10-28(26)43-34)42-31(22-25)37(50)46-35-24-33(53-19-15-40)27-9-5-7-11-29(27)44-35/h1,4-11,21-24,41H,3,12-20,39-40H2,(H,43,45,49)(H,44,46,50). The van der Waals surface area contributed by atoms with E-state index in [2.05, 4.69) is 47.1 Å². The fourth-order valence-corrected chi connectivity index (χ4v) is 5.50. The number of amides is 2. The van der Waals surface area contributed by atoms with Crippen LogP contribution in [0, 0.1) is 12.3 Å². The molecule has 0 bridgehead atoms. The Morgan fingerprint density at radius 1 is 0.698 bits per heavy atom. The van der Waals surface area contributed by atoms with Gasteiger partial charge in [-0.25, -0.2) is 15.0 Å². The Hall–Kier alpha value is -6.21. The predicted molar refractivity (Wildman–Crippen MR) is 201 cm³/mol. The molecule has 1 aliphatic heterocycles. The van der Waals surface area contributed by atoms with Crippen LogP contribution in [0.3, 0.4) is 0 Å². The molecule has 5 aromatic rings. The molecule has 2 amide bonds. The van der Waals surface area contributed by atoms with Gasteiger partial charge in [-0.2, -0.15) is 10.2 Å². The van der Waals surface area contributed by atoms with Gasteiger partial charge >= 0.3 is 0 Å². The van der Waals surface area contributed by atoms with E-state index in [0.717, 1.165) is 23.6 Å². The molecule has 1 aliphatic rings. The van der Waals surface area contributed by atoms with Crippen molar-refractivity contribution in [2.24, 2.45) is 21.7 Å². The highest BCUT2D eigenvalue weighted by molar-refractivity contribution is 6.07. The molecule has 2 aromatic carbocycles. The number of benzene rings is 2. The zero-order valence-corrected chi connectivity index (χ0v) is 29.0. The van der Waals surface area contributed by atoms with Crippen molar-refractivity contribution < 1.29 is 23.8 Å². The molecule has 0 fully saturated rings. The van der Waals surface area contributed by atoms with E-state index >= 15 is 0 Å². The second-order valence-corrected chi connectivity index (χ2v) is 12.0. The molecule has 0 spiro atoms. The van der Waals surface area contributed by atoms with Crippen LogP contribution >= 0.6 is 0 Å². The third kappa shape index (κ3) is 9.57. The van der Waals surface area contributed by atoms with Crippen LogP contribution in [-0.2, 0) is 0 Å². The van der Waals surface area contributed by atoms with Crippen molar-refractivity contribution in [2.75, 3.05) is 56.6 Å². The van der Waals surface area contributed by atoms with Crippen molar-refractivity contribution in [3.63, 3.8) is 0 Å². The first-order valence-corrected chi connectivity index (χ1v) is 17.2. The number of nitrogens with zero attached hydrogens (tertiary/aromatic N) is 5. The largest absolute Gasteiger partial charge is 0.492 e. The highest BCUT2D eigenvalue weighted by Crippen LogP contribution is 2.36. The SMILES string of the molecule is C#CCCC1(CCNCCOc2cc(C(=O)Nc3cc(OCCN)c4ccccc4n3)nc(C(=O)Nc3cc(OCCN)c4ccccc4n3)c2)N=N1. The van der Waals surface area contributed by atoms with Crippen molar-refractivity contribution in [2.45, 2.75) is 24.9 Å². The zero-order chi connectivity index (χ0) is 37.0. The minimum absolute atomic E-state index is 0.0779. The summed E-state index contributed by atoms with van der Waals surface area (Å²) in [5.41, 5.74) is 12.0. The second kappa shape index (κ2) is 17.3. The number of hydrogen-bond donors (Lipinski definition) is 5. The summed E-state index contributed by atoms with van der Waals surface area (Å²) in [7, 11) is 0. The number of nitrogens with two attached hydrogens (primary N) is 2. The number of nitrogens with one attached hydrogen (secondary N) is 3. The maximum absolute atomic E-state index is 13.7. The van der Waals surface area contributed by atoms with Gasteiger partial charge < -0.3 is 41.6 Å². The van der Waals surface area contributed by atoms with Crippen molar-refractivity contribution in [1.82, 2.24) is 20.3 Å². The Bertz CT molecular complexity index is 2040.